The Morgan fingerprint density at radius 3 is 1.27 bits per heavy atom. The Balaban J connectivity index is 0.000000152. The first-order valence-corrected chi connectivity index (χ1v) is 15.4. The van der Waals surface area contributed by atoms with Crippen LogP contribution in [0.15, 0.2) is 0 Å². The van der Waals surface area contributed by atoms with E-state index in [1.54, 1.807) is 0 Å². The Hall–Kier alpha value is 1.44. The summed E-state index contributed by atoms with van der Waals surface area (Å²) in [6.45, 7) is 0. The largest absolute Gasteiger partial charge is 2.00 e. The fraction of sp³-hybridized carbons (Fsp3) is 0.923. The maximum absolute atomic E-state index is 12.0. The van der Waals surface area contributed by atoms with Gasteiger partial charge in [-0.2, -0.15) is 0 Å². The van der Waals surface area contributed by atoms with Crippen LogP contribution in [0.1, 0.15) is 103 Å². The third kappa shape index (κ3) is 6.86. The van der Waals surface area contributed by atoms with Gasteiger partial charge < -0.3 is 10.2 Å². The average Bonchev–Trinajstić information content (AvgIpc) is 3.44. The van der Waals surface area contributed by atoms with Crippen LogP contribution in [0, 0.1) is 11.8 Å². The van der Waals surface area contributed by atoms with Gasteiger partial charge in [0.1, 0.15) is 0 Å². The molecule has 4 aliphatic carbocycles. The molecule has 0 aromatic heterocycles. The molecular formula is C26H42N2O2S2Sr+2. The van der Waals surface area contributed by atoms with E-state index in [0.717, 1.165) is 49.0 Å². The summed E-state index contributed by atoms with van der Waals surface area (Å²) in [7, 11) is 0. The Morgan fingerprint density at radius 1 is 0.515 bits per heavy atom. The van der Waals surface area contributed by atoms with E-state index < -0.39 is 0 Å². The second kappa shape index (κ2) is 13.3. The van der Waals surface area contributed by atoms with Crippen molar-refractivity contribution < 1.29 is 20.2 Å². The van der Waals surface area contributed by atoms with Crippen molar-refractivity contribution in [2.24, 2.45) is 11.8 Å². The summed E-state index contributed by atoms with van der Waals surface area (Å²) >= 11 is 4.02. The molecule has 4 fully saturated rings. The minimum Gasteiger partial charge on any atom is -0.851 e. The van der Waals surface area contributed by atoms with E-state index >= 15 is 0 Å². The molecule has 4 nitrogen and oxygen atoms in total. The zero-order chi connectivity index (χ0) is 21.9. The standard InChI is InChI=1S/2C13H20NOS.Sr/c2*15-11-7-3-1-5-9(11)13-14-10-6-2-4-8-12(10)16-13;/h2*9-12H,1-8H2;/q2*-1;+2/p+2. The molecule has 0 spiro atoms. The molecule has 8 atom stereocenters. The van der Waals surface area contributed by atoms with Gasteiger partial charge in [-0.3, -0.25) is 0 Å². The van der Waals surface area contributed by atoms with E-state index in [1.165, 1.54) is 74.3 Å². The van der Waals surface area contributed by atoms with Gasteiger partial charge in [0.25, 0.3) is 0 Å². The van der Waals surface area contributed by atoms with Gasteiger partial charge in [-0.25, -0.2) is 9.98 Å². The van der Waals surface area contributed by atoms with Gasteiger partial charge in [0.15, 0.2) is 12.1 Å². The summed E-state index contributed by atoms with van der Waals surface area (Å²) in [5.74, 6) is 0.647. The van der Waals surface area contributed by atoms with E-state index in [9.17, 15) is 10.2 Å². The summed E-state index contributed by atoms with van der Waals surface area (Å²) in [4.78, 5) is 7.35. The molecule has 6 rings (SSSR count). The number of hydrogen-bond acceptors (Lipinski definition) is 4. The Labute approximate surface area is 246 Å². The Kier molecular flexibility index (Phi) is 11.1. The predicted octanol–water partition coefficient (Wildman–Crippen LogP) is 0.504. The van der Waals surface area contributed by atoms with Gasteiger partial charge in [-0.15, -0.1) is 12.2 Å². The summed E-state index contributed by atoms with van der Waals surface area (Å²) in [6.07, 6.45) is 19.0. The van der Waals surface area contributed by atoms with Crippen molar-refractivity contribution in [1.82, 2.24) is 0 Å². The van der Waals surface area contributed by atoms with Gasteiger partial charge in [0, 0.05) is 24.7 Å². The minimum atomic E-state index is -0.330. The van der Waals surface area contributed by atoms with Gasteiger partial charge in [-0.1, -0.05) is 74.9 Å². The summed E-state index contributed by atoms with van der Waals surface area (Å²) < 4.78 is 0. The zero-order valence-electron chi connectivity index (χ0n) is 20.3. The van der Waals surface area contributed by atoms with Crippen LogP contribution >= 0.6 is 23.5 Å². The van der Waals surface area contributed by atoms with Gasteiger partial charge >= 0.3 is 45.5 Å². The first kappa shape index (κ1) is 27.5. The molecule has 2 N–H and O–H groups in total. The third-order valence-electron chi connectivity index (χ3n) is 8.70. The molecule has 2 aliphatic heterocycles. The van der Waals surface area contributed by atoms with Crippen LogP contribution < -0.4 is 20.2 Å². The second-order valence-corrected chi connectivity index (χ2v) is 13.5. The van der Waals surface area contributed by atoms with Crippen LogP contribution in [-0.4, -0.2) is 90.4 Å². The SMILES string of the molecule is [O-]C1CCCCC1C1=[NH+]C2CCCCC2S1.[O-]C1CCCCC1C1=[NH+]C2CCCCC2S1.[Sr+2]. The topological polar surface area (TPSA) is 74.1 Å². The quantitative estimate of drug-likeness (QED) is 0.478. The number of rotatable bonds is 2. The third-order valence-corrected chi connectivity index (χ3v) is 11.8. The van der Waals surface area contributed by atoms with Gasteiger partial charge in [0.05, 0.1) is 10.5 Å². The fourth-order valence-corrected chi connectivity index (χ4v) is 10.0. The van der Waals surface area contributed by atoms with Crippen LogP contribution in [0.3, 0.4) is 0 Å². The number of thioether (sulfide) groups is 2. The van der Waals surface area contributed by atoms with Crippen molar-refractivity contribution in [2.45, 2.75) is 138 Å². The van der Waals surface area contributed by atoms with E-state index in [-0.39, 0.29) is 57.7 Å². The van der Waals surface area contributed by atoms with Crippen LogP contribution in [0.4, 0.5) is 0 Å². The summed E-state index contributed by atoms with van der Waals surface area (Å²) in [5.41, 5.74) is 0. The van der Waals surface area contributed by atoms with Gasteiger partial charge in [-0.05, 0) is 38.5 Å². The molecule has 0 aromatic rings. The van der Waals surface area contributed by atoms with E-state index in [4.69, 9.17) is 0 Å². The first-order valence-electron chi connectivity index (χ1n) is 13.6. The molecule has 6 aliphatic rings. The van der Waals surface area contributed by atoms with Crippen molar-refractivity contribution >= 4 is 79.1 Å². The van der Waals surface area contributed by atoms with Crippen LogP contribution in [0.2, 0.25) is 0 Å². The van der Waals surface area contributed by atoms with E-state index in [1.807, 2.05) is 23.5 Å². The molecule has 180 valence electrons. The molecule has 33 heavy (non-hydrogen) atoms. The van der Waals surface area contributed by atoms with Crippen molar-refractivity contribution in [3.63, 3.8) is 0 Å². The van der Waals surface area contributed by atoms with Crippen LogP contribution in [0.25, 0.3) is 0 Å². The maximum atomic E-state index is 12.0. The smallest absolute Gasteiger partial charge is 0.851 e. The molecule has 4 saturated carbocycles. The maximum Gasteiger partial charge on any atom is 2.00 e. The van der Waals surface area contributed by atoms with Crippen molar-refractivity contribution in [2.75, 3.05) is 0 Å². The number of fused-ring (bicyclic) bond motifs is 2. The first-order chi connectivity index (χ1) is 15.7. The van der Waals surface area contributed by atoms with Crippen LogP contribution in [-0.2, 0) is 0 Å². The Morgan fingerprint density at radius 2 is 0.879 bits per heavy atom. The van der Waals surface area contributed by atoms with Gasteiger partial charge in [0.2, 0.25) is 10.1 Å². The molecule has 0 bridgehead atoms. The monoisotopic (exact) mass is 566 g/mol. The molecule has 2 heterocycles. The molecular weight excluding hydrogens is 524 g/mol. The molecule has 7 heteroatoms. The number of hydrogen-bond donors (Lipinski definition) is 2. The summed E-state index contributed by atoms with van der Waals surface area (Å²) in [5, 5.41) is 28.3. The van der Waals surface area contributed by atoms with Crippen LogP contribution in [0.5, 0.6) is 0 Å². The fourth-order valence-electron chi connectivity index (χ4n) is 6.75. The average molecular weight is 566 g/mol. The zero-order valence-corrected chi connectivity index (χ0v) is 25.4. The number of nitrogens with one attached hydrogen (secondary N) is 2. The van der Waals surface area contributed by atoms with Crippen molar-refractivity contribution in [3.05, 3.63) is 0 Å². The normalized spacial score (nSPS) is 42.6. The second-order valence-electron chi connectivity index (χ2n) is 11.0. The molecule has 0 saturated heterocycles. The molecule has 0 radical (unpaired) electrons. The Bertz CT molecular complexity index is 648. The molecule has 8 unspecified atom stereocenters. The predicted molar refractivity (Wildman–Crippen MR) is 136 cm³/mol. The minimum absolute atomic E-state index is 0. The molecule has 0 amide bonds. The van der Waals surface area contributed by atoms with Crippen molar-refractivity contribution in [1.29, 1.82) is 0 Å². The summed E-state index contributed by atoms with van der Waals surface area (Å²) in [6, 6.07) is 1.37. The van der Waals surface area contributed by atoms with E-state index in [2.05, 4.69) is 9.98 Å². The van der Waals surface area contributed by atoms with Crippen molar-refractivity contribution in [3.8, 4) is 0 Å². The molecule has 0 aromatic carbocycles. The van der Waals surface area contributed by atoms with E-state index in [0.29, 0.717) is 23.9 Å².